The van der Waals surface area contributed by atoms with Crippen LogP contribution in [0.5, 0.6) is 0 Å². The topological polar surface area (TPSA) is 0 Å². The second-order valence-corrected chi connectivity index (χ2v) is 11.3. The van der Waals surface area contributed by atoms with Gasteiger partial charge in [-0.05, 0) is 85.8 Å². The molecule has 8 aromatic rings. The van der Waals surface area contributed by atoms with Gasteiger partial charge in [-0.25, -0.2) is 0 Å². The third kappa shape index (κ3) is 3.22. The Bertz CT molecular complexity index is 2200. The van der Waals surface area contributed by atoms with Gasteiger partial charge in [0.25, 0.3) is 0 Å². The SMILES string of the molecule is Cc1ccc2c(-c3ccc4ccccc4c3)c3ccccc3c(-c3ccc4sc5ccccc5c4c3)c2c1. The summed E-state index contributed by atoms with van der Waals surface area (Å²) in [5, 5.41) is 10.4. The zero-order valence-corrected chi connectivity index (χ0v) is 21.8. The van der Waals surface area contributed by atoms with Crippen LogP contribution in [0, 0.1) is 6.92 Å². The molecule has 0 unspecified atom stereocenters. The Morgan fingerprint density at radius 2 is 1.00 bits per heavy atom. The first kappa shape index (κ1) is 21.6. The van der Waals surface area contributed by atoms with Crippen LogP contribution in [0.1, 0.15) is 5.56 Å². The average Bonchev–Trinajstić information content (AvgIpc) is 3.33. The van der Waals surface area contributed by atoms with Crippen molar-refractivity contribution in [2.45, 2.75) is 6.92 Å². The minimum Gasteiger partial charge on any atom is -0.135 e. The number of thiophene rings is 1. The normalized spacial score (nSPS) is 11.8. The summed E-state index contributed by atoms with van der Waals surface area (Å²) >= 11 is 1.88. The molecule has 1 aromatic heterocycles. The third-order valence-corrected chi connectivity index (χ3v) is 9.03. The van der Waals surface area contributed by atoms with E-state index in [1.807, 2.05) is 11.3 Å². The zero-order valence-electron chi connectivity index (χ0n) is 21.0. The van der Waals surface area contributed by atoms with E-state index in [1.165, 1.54) is 80.3 Å². The number of hydrogen-bond donors (Lipinski definition) is 0. The summed E-state index contributed by atoms with van der Waals surface area (Å²) in [4.78, 5) is 0. The maximum absolute atomic E-state index is 2.41. The zero-order chi connectivity index (χ0) is 25.2. The molecule has 0 bridgehead atoms. The maximum Gasteiger partial charge on any atom is 0.0355 e. The van der Waals surface area contributed by atoms with Gasteiger partial charge in [0.2, 0.25) is 0 Å². The second-order valence-electron chi connectivity index (χ2n) is 10.2. The molecule has 0 atom stereocenters. The number of aryl methyl sites for hydroxylation is 1. The van der Waals surface area contributed by atoms with Gasteiger partial charge >= 0.3 is 0 Å². The molecule has 7 aromatic carbocycles. The van der Waals surface area contributed by atoms with E-state index in [2.05, 4.69) is 134 Å². The van der Waals surface area contributed by atoms with Crippen molar-refractivity contribution >= 4 is 63.8 Å². The van der Waals surface area contributed by atoms with E-state index >= 15 is 0 Å². The standard InChI is InChI=1S/C37H24S/c1-23-14-18-31-33(20-23)37(27-17-19-35-32(22-27)28-10-6-7-13-34(28)38-35)30-12-5-4-11-29(30)36(31)26-16-15-24-8-2-3-9-25(24)21-26/h2-22H,1H3. The maximum atomic E-state index is 2.41. The molecule has 0 saturated heterocycles. The van der Waals surface area contributed by atoms with E-state index in [4.69, 9.17) is 0 Å². The van der Waals surface area contributed by atoms with Gasteiger partial charge in [0.1, 0.15) is 0 Å². The first-order valence-corrected chi connectivity index (χ1v) is 13.9. The van der Waals surface area contributed by atoms with Crippen molar-refractivity contribution in [1.29, 1.82) is 0 Å². The Kier molecular flexibility index (Phi) is 4.71. The van der Waals surface area contributed by atoms with E-state index < -0.39 is 0 Å². The number of hydrogen-bond acceptors (Lipinski definition) is 1. The molecular formula is C37H24S. The first-order chi connectivity index (χ1) is 18.7. The predicted octanol–water partition coefficient (Wildman–Crippen LogP) is 11.2. The van der Waals surface area contributed by atoms with Crippen LogP contribution < -0.4 is 0 Å². The summed E-state index contributed by atoms with van der Waals surface area (Å²) < 4.78 is 2.68. The van der Waals surface area contributed by atoms with Crippen molar-refractivity contribution in [3.05, 3.63) is 133 Å². The first-order valence-electron chi connectivity index (χ1n) is 13.1. The van der Waals surface area contributed by atoms with Crippen LogP contribution in [0.15, 0.2) is 127 Å². The molecule has 38 heavy (non-hydrogen) atoms. The van der Waals surface area contributed by atoms with Gasteiger partial charge in [0.05, 0.1) is 0 Å². The Balaban J connectivity index is 1.50. The minimum absolute atomic E-state index is 1.26. The molecule has 0 spiro atoms. The lowest BCUT2D eigenvalue weighted by Crippen LogP contribution is -1.91. The van der Waals surface area contributed by atoms with Crippen molar-refractivity contribution in [3.63, 3.8) is 0 Å². The minimum atomic E-state index is 1.26. The predicted molar refractivity (Wildman–Crippen MR) is 167 cm³/mol. The molecule has 0 aliphatic heterocycles. The molecule has 0 nitrogen and oxygen atoms in total. The highest BCUT2D eigenvalue weighted by molar-refractivity contribution is 7.25. The Labute approximate surface area is 225 Å². The molecule has 178 valence electrons. The number of rotatable bonds is 2. The van der Waals surface area contributed by atoms with Crippen LogP contribution >= 0.6 is 11.3 Å². The van der Waals surface area contributed by atoms with E-state index in [9.17, 15) is 0 Å². The van der Waals surface area contributed by atoms with Crippen LogP contribution in [0.3, 0.4) is 0 Å². The highest BCUT2D eigenvalue weighted by Gasteiger charge is 2.18. The van der Waals surface area contributed by atoms with Gasteiger partial charge in [-0.3, -0.25) is 0 Å². The molecular weight excluding hydrogens is 476 g/mol. The quantitative estimate of drug-likeness (QED) is 0.207. The lowest BCUT2D eigenvalue weighted by atomic mass is 9.85. The van der Waals surface area contributed by atoms with E-state index in [1.54, 1.807) is 0 Å². The lowest BCUT2D eigenvalue weighted by Gasteiger charge is -2.18. The van der Waals surface area contributed by atoms with Crippen LogP contribution in [-0.4, -0.2) is 0 Å². The lowest BCUT2D eigenvalue weighted by molar-refractivity contribution is 1.51. The fourth-order valence-corrected chi connectivity index (χ4v) is 7.23. The molecule has 1 heteroatoms. The molecule has 0 amide bonds. The van der Waals surface area contributed by atoms with Gasteiger partial charge in [0.15, 0.2) is 0 Å². The molecule has 0 saturated carbocycles. The monoisotopic (exact) mass is 500 g/mol. The van der Waals surface area contributed by atoms with Gasteiger partial charge < -0.3 is 0 Å². The van der Waals surface area contributed by atoms with Crippen molar-refractivity contribution in [1.82, 2.24) is 0 Å². The molecule has 0 aliphatic rings. The van der Waals surface area contributed by atoms with Gasteiger partial charge in [0, 0.05) is 20.2 Å². The van der Waals surface area contributed by atoms with Crippen molar-refractivity contribution in [2.24, 2.45) is 0 Å². The van der Waals surface area contributed by atoms with Crippen LogP contribution in [-0.2, 0) is 0 Å². The van der Waals surface area contributed by atoms with Crippen molar-refractivity contribution in [2.75, 3.05) is 0 Å². The van der Waals surface area contributed by atoms with Crippen molar-refractivity contribution < 1.29 is 0 Å². The fourth-order valence-electron chi connectivity index (χ4n) is 6.14. The van der Waals surface area contributed by atoms with Crippen LogP contribution in [0.2, 0.25) is 0 Å². The largest absolute Gasteiger partial charge is 0.135 e. The number of fused-ring (bicyclic) bond motifs is 6. The molecule has 0 radical (unpaired) electrons. The van der Waals surface area contributed by atoms with E-state index in [0.717, 1.165) is 0 Å². The van der Waals surface area contributed by atoms with E-state index in [0.29, 0.717) is 0 Å². The molecule has 0 N–H and O–H groups in total. The number of benzene rings is 7. The Hall–Kier alpha value is -4.46. The summed E-state index contributed by atoms with van der Waals surface area (Å²) in [5.41, 5.74) is 6.45. The van der Waals surface area contributed by atoms with Crippen molar-refractivity contribution in [3.8, 4) is 22.3 Å². The molecule has 8 rings (SSSR count). The van der Waals surface area contributed by atoms with Crippen LogP contribution in [0.25, 0.3) is 74.7 Å². The summed E-state index contributed by atoms with van der Waals surface area (Å²) in [7, 11) is 0. The third-order valence-electron chi connectivity index (χ3n) is 7.88. The molecule has 0 fully saturated rings. The fraction of sp³-hybridized carbons (Fsp3) is 0.0270. The summed E-state index contributed by atoms with van der Waals surface area (Å²) in [5.74, 6) is 0. The smallest absolute Gasteiger partial charge is 0.0355 e. The summed E-state index contributed by atoms with van der Waals surface area (Å²) in [6.07, 6.45) is 0. The van der Waals surface area contributed by atoms with Gasteiger partial charge in [-0.2, -0.15) is 0 Å². The highest BCUT2D eigenvalue weighted by atomic mass is 32.1. The van der Waals surface area contributed by atoms with E-state index in [-0.39, 0.29) is 0 Å². The van der Waals surface area contributed by atoms with Crippen LogP contribution in [0.4, 0.5) is 0 Å². The van der Waals surface area contributed by atoms with Gasteiger partial charge in [-0.15, -0.1) is 11.3 Å². The Morgan fingerprint density at radius 3 is 1.84 bits per heavy atom. The molecule has 0 aliphatic carbocycles. The Morgan fingerprint density at radius 1 is 0.395 bits per heavy atom. The second kappa shape index (κ2) is 8.28. The highest BCUT2D eigenvalue weighted by Crippen LogP contribution is 2.45. The van der Waals surface area contributed by atoms with Gasteiger partial charge in [-0.1, -0.05) is 109 Å². The summed E-state index contributed by atoms with van der Waals surface area (Å²) in [6.45, 7) is 2.20. The summed E-state index contributed by atoms with van der Waals surface area (Å²) in [6, 6.07) is 47.2. The molecule has 1 heterocycles. The average molecular weight is 501 g/mol.